The van der Waals surface area contributed by atoms with Gasteiger partial charge in [0.25, 0.3) is 0 Å². The molecule has 0 fully saturated rings. The molecule has 0 bridgehead atoms. The van der Waals surface area contributed by atoms with Gasteiger partial charge < -0.3 is 0 Å². The third-order valence-corrected chi connectivity index (χ3v) is 6.32. The van der Waals surface area contributed by atoms with Crippen molar-refractivity contribution in [1.82, 2.24) is 0 Å². The Morgan fingerprint density at radius 3 is 2.65 bits per heavy atom. The summed E-state index contributed by atoms with van der Waals surface area (Å²) in [6.45, 7) is 0. The molecule has 0 radical (unpaired) electrons. The molecule has 0 N–H and O–H groups in total. The van der Waals surface area contributed by atoms with Gasteiger partial charge in [-0.1, -0.05) is 59.4 Å². The number of ketones is 1. The van der Waals surface area contributed by atoms with Crippen molar-refractivity contribution in [3.05, 3.63) is 68.4 Å². The fourth-order valence-electron chi connectivity index (χ4n) is 2.48. The third kappa shape index (κ3) is 1.93. The van der Waals surface area contributed by atoms with Gasteiger partial charge in [0.05, 0.1) is 4.24 Å². The van der Waals surface area contributed by atoms with Gasteiger partial charge in [-0.2, -0.15) is 0 Å². The van der Waals surface area contributed by atoms with E-state index in [1.807, 2.05) is 42.5 Å². The maximum atomic E-state index is 12.5. The molecule has 2 aromatic carbocycles. The number of benzene rings is 2. The van der Waals surface area contributed by atoms with Crippen LogP contribution >= 0.6 is 35.1 Å². The third-order valence-electron chi connectivity index (χ3n) is 3.46. The molecule has 2 aromatic rings. The summed E-state index contributed by atoms with van der Waals surface area (Å²) in [5.74, 6) is 0.175. The number of carbonyl (C=O) groups excluding carboxylic acids is 1. The minimum Gasteiger partial charge on any atom is -0.289 e. The van der Waals surface area contributed by atoms with Gasteiger partial charge in [0.2, 0.25) is 0 Å². The van der Waals surface area contributed by atoms with Crippen LogP contribution in [0.15, 0.2) is 62.1 Å². The highest BCUT2D eigenvalue weighted by molar-refractivity contribution is 8.24. The van der Waals surface area contributed by atoms with Crippen molar-refractivity contribution in [1.29, 1.82) is 0 Å². The minimum absolute atomic E-state index is 0.175. The van der Waals surface area contributed by atoms with Crippen molar-refractivity contribution in [2.45, 2.75) is 16.2 Å². The average Bonchev–Trinajstić information content (AvgIpc) is 3.00. The molecule has 20 heavy (non-hydrogen) atoms. The van der Waals surface area contributed by atoms with Crippen LogP contribution in [0.25, 0.3) is 0 Å². The fraction of sp³-hybridized carbons (Fsp3) is 0.0625. The van der Waals surface area contributed by atoms with E-state index < -0.39 is 0 Å². The molecule has 0 saturated carbocycles. The first-order valence-electron chi connectivity index (χ1n) is 6.23. The number of carbonyl (C=O) groups is 1. The maximum Gasteiger partial charge on any atom is 0.191 e. The minimum atomic E-state index is 0.175. The van der Waals surface area contributed by atoms with Gasteiger partial charge in [-0.15, -0.1) is 0 Å². The van der Waals surface area contributed by atoms with Crippen molar-refractivity contribution in [3.63, 3.8) is 0 Å². The molecule has 2 aliphatic rings. The molecule has 0 unspecified atom stereocenters. The second kappa shape index (κ2) is 4.69. The monoisotopic (exact) mass is 316 g/mol. The summed E-state index contributed by atoms with van der Waals surface area (Å²) in [4.78, 5) is 14.8. The van der Waals surface area contributed by atoms with Crippen molar-refractivity contribution in [2.24, 2.45) is 0 Å². The zero-order valence-corrected chi connectivity index (χ0v) is 12.7. The molecule has 0 aromatic heterocycles. The van der Waals surface area contributed by atoms with E-state index in [4.69, 9.17) is 11.6 Å². The number of fused-ring (bicyclic) bond motifs is 2. The van der Waals surface area contributed by atoms with Crippen molar-refractivity contribution < 1.29 is 4.79 Å². The SMILES string of the molecule is O=C1C(=C2Sc3ccc(Cl)cc3S2)Cc2ccccc21. The van der Waals surface area contributed by atoms with Gasteiger partial charge in [0.15, 0.2) is 5.78 Å². The van der Waals surface area contributed by atoms with Crippen molar-refractivity contribution in [2.75, 3.05) is 0 Å². The molecular weight excluding hydrogens is 308 g/mol. The first kappa shape index (κ1) is 12.6. The number of allylic oxidation sites excluding steroid dienone is 1. The lowest BCUT2D eigenvalue weighted by atomic mass is 10.1. The molecule has 1 heterocycles. The summed E-state index contributed by atoms with van der Waals surface area (Å²) in [6.07, 6.45) is 0.742. The van der Waals surface area contributed by atoms with E-state index in [0.29, 0.717) is 0 Å². The molecule has 4 heteroatoms. The summed E-state index contributed by atoms with van der Waals surface area (Å²) < 4.78 is 1.10. The van der Waals surface area contributed by atoms with Crippen LogP contribution < -0.4 is 0 Å². The van der Waals surface area contributed by atoms with Crippen LogP contribution in [0, 0.1) is 0 Å². The Balaban J connectivity index is 1.76. The first-order chi connectivity index (χ1) is 9.72. The summed E-state index contributed by atoms with van der Waals surface area (Å²) >= 11 is 9.37. The zero-order chi connectivity index (χ0) is 13.7. The van der Waals surface area contributed by atoms with E-state index >= 15 is 0 Å². The molecule has 98 valence electrons. The zero-order valence-electron chi connectivity index (χ0n) is 10.4. The molecule has 4 rings (SSSR count). The number of hydrogen-bond donors (Lipinski definition) is 0. The summed E-state index contributed by atoms with van der Waals surface area (Å²) in [7, 11) is 0. The van der Waals surface area contributed by atoms with Crippen LogP contribution in [-0.4, -0.2) is 5.78 Å². The second-order valence-electron chi connectivity index (χ2n) is 4.72. The highest BCUT2D eigenvalue weighted by atomic mass is 35.5. The lowest BCUT2D eigenvalue weighted by Gasteiger charge is -1.99. The number of halogens is 1. The fourth-order valence-corrected chi connectivity index (χ4v) is 5.30. The van der Waals surface area contributed by atoms with Crippen LogP contribution in [0.4, 0.5) is 0 Å². The number of rotatable bonds is 0. The smallest absolute Gasteiger partial charge is 0.191 e. The topological polar surface area (TPSA) is 17.1 Å². The van der Waals surface area contributed by atoms with E-state index in [0.717, 1.165) is 37.3 Å². The Bertz CT molecular complexity index is 780. The Hall–Kier alpha value is -1.16. The highest BCUT2D eigenvalue weighted by Crippen LogP contribution is 2.54. The average molecular weight is 317 g/mol. The van der Waals surface area contributed by atoms with E-state index in [-0.39, 0.29) is 5.78 Å². The largest absolute Gasteiger partial charge is 0.289 e. The van der Waals surface area contributed by atoms with Gasteiger partial charge in [0.1, 0.15) is 0 Å². The Labute approximate surface area is 130 Å². The molecule has 1 aliphatic carbocycles. The Morgan fingerprint density at radius 1 is 1.00 bits per heavy atom. The Morgan fingerprint density at radius 2 is 1.80 bits per heavy atom. The van der Waals surface area contributed by atoms with Crippen LogP contribution in [0.1, 0.15) is 15.9 Å². The van der Waals surface area contributed by atoms with E-state index in [1.165, 1.54) is 4.90 Å². The quantitative estimate of drug-likeness (QED) is 0.623. The van der Waals surface area contributed by atoms with E-state index in [9.17, 15) is 4.79 Å². The normalized spacial score (nSPS) is 20.1. The molecule has 1 aliphatic heterocycles. The molecule has 0 spiro atoms. The predicted octanol–water partition coefficient (Wildman–Crippen LogP) is 5.19. The maximum absolute atomic E-state index is 12.5. The molecule has 0 saturated heterocycles. The molecule has 0 amide bonds. The van der Waals surface area contributed by atoms with Crippen LogP contribution in [0.2, 0.25) is 5.02 Å². The van der Waals surface area contributed by atoms with E-state index in [1.54, 1.807) is 23.5 Å². The first-order valence-corrected chi connectivity index (χ1v) is 8.24. The van der Waals surface area contributed by atoms with Gasteiger partial charge in [0, 0.05) is 32.4 Å². The van der Waals surface area contributed by atoms with Crippen LogP contribution in [-0.2, 0) is 6.42 Å². The lowest BCUT2D eigenvalue weighted by Crippen LogP contribution is -1.96. The lowest BCUT2D eigenvalue weighted by molar-refractivity contribution is 0.103. The standard InChI is InChI=1S/C16H9ClOS2/c17-10-5-6-13-14(8-10)20-16(19-13)12-7-9-3-1-2-4-11(9)15(12)18/h1-6,8H,7H2. The van der Waals surface area contributed by atoms with Crippen molar-refractivity contribution >= 4 is 40.9 Å². The number of Topliss-reactive ketones (excluding diaryl/α,β-unsaturated/α-hetero) is 1. The predicted molar refractivity (Wildman–Crippen MR) is 84.7 cm³/mol. The number of thioether (sulfide) groups is 2. The van der Waals surface area contributed by atoms with Crippen LogP contribution in [0.3, 0.4) is 0 Å². The summed E-state index contributed by atoms with van der Waals surface area (Å²) in [5, 5.41) is 0.740. The molecule has 0 atom stereocenters. The second-order valence-corrected chi connectivity index (χ2v) is 7.52. The van der Waals surface area contributed by atoms with E-state index in [2.05, 4.69) is 0 Å². The highest BCUT2D eigenvalue weighted by Gasteiger charge is 2.30. The Kier molecular flexibility index (Phi) is 2.95. The molecular formula is C16H9ClOS2. The number of hydrogen-bond acceptors (Lipinski definition) is 3. The summed E-state index contributed by atoms with van der Waals surface area (Å²) in [5.41, 5.74) is 2.91. The van der Waals surface area contributed by atoms with Gasteiger partial charge in [-0.3, -0.25) is 4.79 Å². The van der Waals surface area contributed by atoms with Gasteiger partial charge >= 0.3 is 0 Å². The van der Waals surface area contributed by atoms with Crippen molar-refractivity contribution in [3.8, 4) is 0 Å². The van der Waals surface area contributed by atoms with Crippen LogP contribution in [0.5, 0.6) is 0 Å². The van der Waals surface area contributed by atoms with Gasteiger partial charge in [-0.25, -0.2) is 0 Å². The molecule has 1 nitrogen and oxygen atoms in total. The summed E-state index contributed by atoms with van der Waals surface area (Å²) in [6, 6.07) is 13.8. The van der Waals surface area contributed by atoms with Gasteiger partial charge in [-0.05, 0) is 23.8 Å².